The third-order valence-electron chi connectivity index (χ3n) is 2.49. The Morgan fingerprint density at radius 1 is 1.53 bits per heavy atom. The Balaban J connectivity index is 2.18. The van der Waals surface area contributed by atoms with Crippen LogP contribution < -0.4 is 10.6 Å². The molecule has 17 heavy (non-hydrogen) atoms. The molecule has 0 aliphatic rings. The molecule has 2 aromatic rings. The average molecular weight is 252 g/mol. The highest BCUT2D eigenvalue weighted by atomic mass is 32.1. The van der Waals surface area contributed by atoms with Crippen LogP contribution in [0.25, 0.3) is 10.2 Å². The first-order chi connectivity index (χ1) is 8.22. The number of hydrogen-bond acceptors (Lipinski definition) is 6. The summed E-state index contributed by atoms with van der Waals surface area (Å²) in [5.41, 5.74) is 5.93. The van der Waals surface area contributed by atoms with Crippen molar-refractivity contribution in [1.29, 1.82) is 0 Å². The molecule has 92 valence electrons. The molecule has 0 saturated carbocycles. The van der Waals surface area contributed by atoms with Gasteiger partial charge in [0.2, 0.25) is 0 Å². The summed E-state index contributed by atoms with van der Waals surface area (Å²) < 4.78 is 5.03. The van der Waals surface area contributed by atoms with Crippen LogP contribution in [0.1, 0.15) is 0 Å². The minimum absolute atomic E-state index is 0.0198. The van der Waals surface area contributed by atoms with Crippen LogP contribution in [0.4, 0.5) is 5.82 Å². The van der Waals surface area contributed by atoms with Crippen LogP contribution in [0.2, 0.25) is 0 Å². The van der Waals surface area contributed by atoms with Crippen LogP contribution in [0.5, 0.6) is 0 Å². The highest BCUT2D eigenvalue weighted by Gasteiger charge is 2.12. The summed E-state index contributed by atoms with van der Waals surface area (Å²) in [6, 6.07) is 2.02. The second-order valence-electron chi connectivity index (χ2n) is 3.93. The molecule has 0 aliphatic heterocycles. The standard InChI is InChI=1S/C11H16N4OS/c1-15(5-8(12)6-16-2)10-9-3-4-17-11(9)14-7-13-10/h3-4,7-8H,5-6,12H2,1-2H3. The van der Waals surface area contributed by atoms with Crippen molar-refractivity contribution in [2.45, 2.75) is 6.04 Å². The Kier molecular flexibility index (Phi) is 3.88. The maximum atomic E-state index is 5.93. The summed E-state index contributed by atoms with van der Waals surface area (Å²) in [6.07, 6.45) is 1.59. The molecule has 0 spiro atoms. The summed E-state index contributed by atoms with van der Waals surface area (Å²) in [7, 11) is 3.64. The van der Waals surface area contributed by atoms with Gasteiger partial charge in [0, 0.05) is 26.7 Å². The Morgan fingerprint density at radius 3 is 3.12 bits per heavy atom. The monoisotopic (exact) mass is 252 g/mol. The fourth-order valence-electron chi connectivity index (χ4n) is 1.79. The fraction of sp³-hybridized carbons (Fsp3) is 0.455. The number of hydrogen-bond donors (Lipinski definition) is 1. The van der Waals surface area contributed by atoms with E-state index < -0.39 is 0 Å². The van der Waals surface area contributed by atoms with Crippen LogP contribution in [0.15, 0.2) is 17.8 Å². The molecular formula is C11H16N4OS. The van der Waals surface area contributed by atoms with Gasteiger partial charge < -0.3 is 15.4 Å². The Bertz CT molecular complexity index is 487. The van der Waals surface area contributed by atoms with Gasteiger partial charge in [-0.2, -0.15) is 0 Å². The zero-order chi connectivity index (χ0) is 12.3. The van der Waals surface area contributed by atoms with Crippen molar-refractivity contribution >= 4 is 27.4 Å². The van der Waals surface area contributed by atoms with Crippen molar-refractivity contribution < 1.29 is 4.74 Å². The normalized spacial score (nSPS) is 12.9. The molecule has 0 aliphatic carbocycles. The van der Waals surface area contributed by atoms with Crippen molar-refractivity contribution in [2.24, 2.45) is 5.73 Å². The lowest BCUT2D eigenvalue weighted by molar-refractivity contribution is 0.181. The maximum absolute atomic E-state index is 5.93. The first-order valence-electron chi connectivity index (χ1n) is 5.36. The number of rotatable bonds is 5. The zero-order valence-electron chi connectivity index (χ0n) is 9.96. The van der Waals surface area contributed by atoms with Gasteiger partial charge in [-0.05, 0) is 11.4 Å². The largest absolute Gasteiger partial charge is 0.383 e. The van der Waals surface area contributed by atoms with Gasteiger partial charge in [-0.1, -0.05) is 0 Å². The second-order valence-corrected chi connectivity index (χ2v) is 4.83. The van der Waals surface area contributed by atoms with Crippen molar-refractivity contribution in [3.63, 3.8) is 0 Å². The highest BCUT2D eigenvalue weighted by molar-refractivity contribution is 7.16. The van der Waals surface area contributed by atoms with Gasteiger partial charge >= 0.3 is 0 Å². The molecular weight excluding hydrogens is 236 g/mol. The lowest BCUT2D eigenvalue weighted by atomic mass is 10.3. The molecule has 1 unspecified atom stereocenters. The summed E-state index contributed by atoms with van der Waals surface area (Å²) in [4.78, 5) is 11.6. The van der Waals surface area contributed by atoms with Crippen LogP contribution in [0, 0.1) is 0 Å². The topological polar surface area (TPSA) is 64.3 Å². The zero-order valence-corrected chi connectivity index (χ0v) is 10.8. The van der Waals surface area contributed by atoms with Gasteiger partial charge in [0.1, 0.15) is 17.0 Å². The average Bonchev–Trinajstić information content (AvgIpc) is 2.76. The summed E-state index contributed by atoms with van der Waals surface area (Å²) in [5.74, 6) is 0.919. The van der Waals surface area contributed by atoms with Crippen LogP contribution in [-0.4, -0.2) is 43.3 Å². The summed E-state index contributed by atoms with van der Waals surface area (Å²) in [6.45, 7) is 1.25. The smallest absolute Gasteiger partial charge is 0.140 e. The second kappa shape index (κ2) is 5.39. The first kappa shape index (κ1) is 12.2. The predicted octanol–water partition coefficient (Wildman–Crippen LogP) is 1.10. The number of nitrogens with two attached hydrogens (primary N) is 1. The number of aromatic nitrogens is 2. The number of ether oxygens (including phenoxy) is 1. The molecule has 6 heteroatoms. The molecule has 0 amide bonds. The van der Waals surface area contributed by atoms with E-state index in [4.69, 9.17) is 10.5 Å². The fourth-order valence-corrected chi connectivity index (χ4v) is 2.51. The van der Waals surface area contributed by atoms with Crippen molar-refractivity contribution in [2.75, 3.05) is 32.2 Å². The third-order valence-corrected chi connectivity index (χ3v) is 3.31. The van der Waals surface area contributed by atoms with Gasteiger partial charge in [0.25, 0.3) is 0 Å². The van der Waals surface area contributed by atoms with E-state index in [1.807, 2.05) is 23.4 Å². The Hall–Kier alpha value is -1.24. The molecule has 0 saturated heterocycles. The highest BCUT2D eigenvalue weighted by Crippen LogP contribution is 2.25. The van der Waals surface area contributed by atoms with Gasteiger partial charge in [0.05, 0.1) is 12.0 Å². The molecule has 2 heterocycles. The van der Waals surface area contributed by atoms with E-state index in [1.165, 1.54) is 0 Å². The van der Waals surface area contributed by atoms with Crippen LogP contribution >= 0.6 is 11.3 Å². The van der Waals surface area contributed by atoms with Crippen LogP contribution in [-0.2, 0) is 4.74 Å². The minimum Gasteiger partial charge on any atom is -0.383 e. The van der Waals surface area contributed by atoms with Gasteiger partial charge in [-0.3, -0.25) is 0 Å². The molecule has 2 N–H and O–H groups in total. The molecule has 0 bridgehead atoms. The van der Waals surface area contributed by atoms with Crippen molar-refractivity contribution in [3.8, 4) is 0 Å². The molecule has 2 rings (SSSR count). The van der Waals surface area contributed by atoms with E-state index in [0.717, 1.165) is 16.0 Å². The Labute approximate surface area is 104 Å². The van der Waals surface area contributed by atoms with E-state index in [2.05, 4.69) is 9.97 Å². The SMILES string of the molecule is COCC(N)CN(C)c1ncnc2sccc12. The quantitative estimate of drug-likeness (QED) is 0.863. The van der Waals surface area contributed by atoms with E-state index in [-0.39, 0.29) is 6.04 Å². The Morgan fingerprint density at radius 2 is 2.35 bits per heavy atom. The van der Waals surface area contributed by atoms with E-state index in [9.17, 15) is 0 Å². The minimum atomic E-state index is -0.0198. The molecule has 0 aromatic carbocycles. The number of methoxy groups -OCH3 is 1. The predicted molar refractivity (Wildman–Crippen MR) is 70.5 cm³/mol. The van der Waals surface area contributed by atoms with Crippen molar-refractivity contribution in [3.05, 3.63) is 17.8 Å². The van der Waals surface area contributed by atoms with Gasteiger partial charge in [0.15, 0.2) is 0 Å². The molecule has 2 aromatic heterocycles. The number of anilines is 1. The number of nitrogens with zero attached hydrogens (tertiary/aromatic N) is 3. The lowest BCUT2D eigenvalue weighted by Gasteiger charge is -2.22. The van der Waals surface area contributed by atoms with Gasteiger partial charge in [-0.15, -0.1) is 11.3 Å². The molecule has 1 atom stereocenters. The maximum Gasteiger partial charge on any atom is 0.140 e. The summed E-state index contributed by atoms with van der Waals surface area (Å²) >= 11 is 1.61. The number of thiophene rings is 1. The van der Waals surface area contributed by atoms with E-state index in [0.29, 0.717) is 13.2 Å². The summed E-state index contributed by atoms with van der Waals surface area (Å²) in [5, 5.41) is 3.09. The number of likely N-dealkylation sites (N-methyl/N-ethyl adjacent to an activating group) is 1. The molecule has 5 nitrogen and oxygen atoms in total. The van der Waals surface area contributed by atoms with E-state index >= 15 is 0 Å². The lowest BCUT2D eigenvalue weighted by Crippen LogP contribution is -2.38. The molecule has 0 fully saturated rings. The van der Waals surface area contributed by atoms with Gasteiger partial charge in [-0.25, -0.2) is 9.97 Å². The molecule has 0 radical (unpaired) electrons. The third kappa shape index (κ3) is 2.71. The van der Waals surface area contributed by atoms with E-state index in [1.54, 1.807) is 24.8 Å². The van der Waals surface area contributed by atoms with Crippen LogP contribution in [0.3, 0.4) is 0 Å². The first-order valence-corrected chi connectivity index (χ1v) is 6.24. The number of fused-ring (bicyclic) bond motifs is 1. The van der Waals surface area contributed by atoms with Crippen molar-refractivity contribution in [1.82, 2.24) is 9.97 Å².